The number of carbonyl (C=O) groups excluding carboxylic acids is 1. The second-order valence-electron chi connectivity index (χ2n) is 6.99. The Morgan fingerprint density at radius 2 is 2.08 bits per heavy atom. The van der Waals surface area contributed by atoms with Crippen molar-refractivity contribution in [3.8, 4) is 11.4 Å². The lowest BCUT2D eigenvalue weighted by molar-refractivity contribution is -0.384. The van der Waals surface area contributed by atoms with Gasteiger partial charge >= 0.3 is 0 Å². The van der Waals surface area contributed by atoms with Gasteiger partial charge in [0, 0.05) is 30.8 Å². The van der Waals surface area contributed by atoms with Crippen molar-refractivity contribution in [2.45, 2.75) is 45.2 Å². The molecule has 0 atom stereocenters. The Hall–Kier alpha value is -2.77. The van der Waals surface area contributed by atoms with E-state index in [0.717, 1.165) is 31.6 Å². The minimum absolute atomic E-state index is 0.0000419. The molecular weight excluding hydrogens is 334 g/mol. The lowest BCUT2D eigenvalue weighted by Gasteiger charge is -2.33. The fourth-order valence-electron chi connectivity index (χ4n) is 3.35. The molecule has 1 saturated carbocycles. The zero-order chi connectivity index (χ0) is 18.7. The van der Waals surface area contributed by atoms with Crippen molar-refractivity contribution in [2.24, 2.45) is 5.92 Å². The highest BCUT2D eigenvalue weighted by molar-refractivity contribution is 5.76. The first kappa shape index (κ1) is 18.0. The molecule has 26 heavy (non-hydrogen) atoms. The number of likely N-dealkylation sites (N-methyl/N-ethyl adjacent to an activating group) is 1. The van der Waals surface area contributed by atoms with Gasteiger partial charge in [0.1, 0.15) is 12.9 Å². The van der Waals surface area contributed by atoms with E-state index in [0.29, 0.717) is 17.4 Å². The number of nitrogens with zero attached hydrogens (tertiary/aromatic N) is 5. The molecule has 1 aromatic heterocycles. The van der Waals surface area contributed by atoms with Crippen LogP contribution in [0.2, 0.25) is 0 Å². The minimum Gasteiger partial charge on any atom is -0.341 e. The standard InChI is InChI=1S/C18H23N5O3/c1-13-6-8-15(9-7-13)21(2)17(24)11-22-12-19-18(20-22)14-4-3-5-16(10-14)23(25)26/h3-5,10,12-13,15H,6-9,11H2,1-2H3. The molecule has 1 aromatic carbocycles. The van der Waals surface area contributed by atoms with Crippen molar-refractivity contribution >= 4 is 11.6 Å². The fourth-order valence-corrected chi connectivity index (χ4v) is 3.35. The van der Waals surface area contributed by atoms with Gasteiger partial charge in [-0.05, 0) is 31.6 Å². The fraction of sp³-hybridized carbons (Fsp3) is 0.500. The third kappa shape index (κ3) is 4.07. The number of hydrogen-bond acceptors (Lipinski definition) is 5. The molecular formula is C18H23N5O3. The van der Waals surface area contributed by atoms with Gasteiger partial charge in [-0.2, -0.15) is 5.10 Å². The number of carbonyl (C=O) groups is 1. The number of amides is 1. The molecule has 0 radical (unpaired) electrons. The van der Waals surface area contributed by atoms with Crippen molar-refractivity contribution in [2.75, 3.05) is 7.05 Å². The zero-order valence-electron chi connectivity index (χ0n) is 15.0. The predicted octanol–water partition coefficient (Wildman–Crippen LogP) is 2.89. The van der Waals surface area contributed by atoms with Crippen LogP contribution in [0.5, 0.6) is 0 Å². The highest BCUT2D eigenvalue weighted by Crippen LogP contribution is 2.26. The van der Waals surface area contributed by atoms with Gasteiger partial charge in [-0.15, -0.1) is 0 Å². The van der Waals surface area contributed by atoms with Crippen LogP contribution in [-0.2, 0) is 11.3 Å². The molecule has 0 bridgehead atoms. The lowest BCUT2D eigenvalue weighted by atomic mass is 9.87. The summed E-state index contributed by atoms with van der Waals surface area (Å²) >= 11 is 0. The summed E-state index contributed by atoms with van der Waals surface area (Å²) in [5.74, 6) is 1.11. The Morgan fingerprint density at radius 3 is 2.77 bits per heavy atom. The van der Waals surface area contributed by atoms with Crippen LogP contribution in [0.4, 0.5) is 5.69 Å². The summed E-state index contributed by atoms with van der Waals surface area (Å²) in [6.45, 7) is 2.37. The van der Waals surface area contributed by atoms with Gasteiger partial charge in [0.05, 0.1) is 4.92 Å². The molecule has 0 N–H and O–H groups in total. The Labute approximate surface area is 152 Å². The number of non-ortho nitro benzene ring substituents is 1. The van der Waals surface area contributed by atoms with Crippen LogP contribution in [-0.4, -0.2) is 43.6 Å². The average molecular weight is 357 g/mol. The monoisotopic (exact) mass is 357 g/mol. The normalized spacial score (nSPS) is 19.9. The predicted molar refractivity (Wildman–Crippen MR) is 96.3 cm³/mol. The molecule has 1 heterocycles. The van der Waals surface area contributed by atoms with Crippen LogP contribution < -0.4 is 0 Å². The van der Waals surface area contributed by atoms with E-state index in [1.807, 2.05) is 11.9 Å². The Bertz CT molecular complexity index is 796. The summed E-state index contributed by atoms with van der Waals surface area (Å²) < 4.78 is 1.48. The topological polar surface area (TPSA) is 94.2 Å². The number of nitro groups is 1. The van der Waals surface area contributed by atoms with Crippen LogP contribution in [0.1, 0.15) is 32.6 Å². The first-order valence-corrected chi connectivity index (χ1v) is 8.84. The molecule has 0 saturated heterocycles. The van der Waals surface area contributed by atoms with Gasteiger partial charge < -0.3 is 4.90 Å². The minimum atomic E-state index is -0.454. The van der Waals surface area contributed by atoms with E-state index in [1.54, 1.807) is 12.1 Å². The summed E-state index contributed by atoms with van der Waals surface area (Å²) in [4.78, 5) is 29.0. The highest BCUT2D eigenvalue weighted by atomic mass is 16.6. The van der Waals surface area contributed by atoms with Gasteiger partial charge in [0.25, 0.3) is 5.69 Å². The molecule has 138 valence electrons. The number of hydrogen-bond donors (Lipinski definition) is 0. The summed E-state index contributed by atoms with van der Waals surface area (Å²) in [5.41, 5.74) is 0.543. The molecule has 8 nitrogen and oxygen atoms in total. The molecule has 1 fully saturated rings. The SMILES string of the molecule is CC1CCC(N(C)C(=O)Cn2cnc(-c3cccc([N+](=O)[O-])c3)n2)CC1. The summed E-state index contributed by atoms with van der Waals surface area (Å²) in [6.07, 6.45) is 5.88. The molecule has 3 rings (SSSR count). The van der Waals surface area contributed by atoms with Crippen molar-refractivity contribution < 1.29 is 9.72 Å². The van der Waals surface area contributed by atoms with Crippen LogP contribution in [0.15, 0.2) is 30.6 Å². The maximum Gasteiger partial charge on any atom is 0.270 e. The Kier molecular flexibility index (Phi) is 5.29. The summed E-state index contributed by atoms with van der Waals surface area (Å²) in [5, 5.41) is 15.2. The molecule has 1 amide bonds. The molecule has 0 unspecified atom stereocenters. The van der Waals surface area contributed by atoms with Crippen LogP contribution in [0.3, 0.4) is 0 Å². The molecule has 1 aliphatic carbocycles. The second-order valence-corrected chi connectivity index (χ2v) is 6.99. The van der Waals surface area contributed by atoms with E-state index in [1.165, 1.54) is 23.1 Å². The summed E-state index contributed by atoms with van der Waals surface area (Å²) in [7, 11) is 1.85. The first-order valence-electron chi connectivity index (χ1n) is 8.84. The van der Waals surface area contributed by atoms with Gasteiger partial charge in [0.2, 0.25) is 5.91 Å². The number of rotatable bonds is 5. The summed E-state index contributed by atoms with van der Waals surface area (Å²) in [6, 6.07) is 6.44. The van der Waals surface area contributed by atoms with E-state index in [4.69, 9.17) is 0 Å². The Balaban J connectivity index is 1.65. The number of aromatic nitrogens is 3. The second kappa shape index (κ2) is 7.63. The van der Waals surface area contributed by atoms with Crippen molar-refractivity contribution in [3.63, 3.8) is 0 Å². The van der Waals surface area contributed by atoms with Crippen LogP contribution in [0.25, 0.3) is 11.4 Å². The van der Waals surface area contributed by atoms with Crippen molar-refractivity contribution in [1.82, 2.24) is 19.7 Å². The number of nitro benzene ring substituents is 1. The maximum absolute atomic E-state index is 12.5. The van der Waals surface area contributed by atoms with Crippen molar-refractivity contribution in [3.05, 3.63) is 40.7 Å². The zero-order valence-corrected chi connectivity index (χ0v) is 15.0. The van der Waals surface area contributed by atoms with Gasteiger partial charge in [-0.25, -0.2) is 9.67 Å². The van der Waals surface area contributed by atoms with Crippen LogP contribution in [0, 0.1) is 16.0 Å². The lowest BCUT2D eigenvalue weighted by Crippen LogP contribution is -2.41. The van der Waals surface area contributed by atoms with Crippen LogP contribution >= 0.6 is 0 Å². The molecule has 8 heteroatoms. The van der Waals surface area contributed by atoms with E-state index in [2.05, 4.69) is 17.0 Å². The van der Waals surface area contributed by atoms with Gasteiger partial charge in [0.15, 0.2) is 5.82 Å². The van der Waals surface area contributed by atoms with Crippen molar-refractivity contribution in [1.29, 1.82) is 0 Å². The molecule has 2 aromatic rings. The Morgan fingerprint density at radius 1 is 1.35 bits per heavy atom. The third-order valence-corrected chi connectivity index (χ3v) is 5.08. The molecule has 0 spiro atoms. The van der Waals surface area contributed by atoms with Gasteiger partial charge in [-0.1, -0.05) is 19.1 Å². The molecule has 0 aliphatic heterocycles. The quantitative estimate of drug-likeness (QED) is 0.606. The average Bonchev–Trinajstić information content (AvgIpc) is 3.10. The smallest absolute Gasteiger partial charge is 0.270 e. The third-order valence-electron chi connectivity index (χ3n) is 5.08. The van der Waals surface area contributed by atoms with E-state index < -0.39 is 4.92 Å². The van der Waals surface area contributed by atoms with E-state index in [-0.39, 0.29) is 18.1 Å². The van der Waals surface area contributed by atoms with Gasteiger partial charge in [-0.3, -0.25) is 14.9 Å². The largest absolute Gasteiger partial charge is 0.341 e. The van der Waals surface area contributed by atoms with E-state index >= 15 is 0 Å². The van der Waals surface area contributed by atoms with E-state index in [9.17, 15) is 14.9 Å². The maximum atomic E-state index is 12.5. The highest BCUT2D eigenvalue weighted by Gasteiger charge is 2.25. The first-order chi connectivity index (χ1) is 12.4. The molecule has 1 aliphatic rings. The number of benzene rings is 1.